The summed E-state index contributed by atoms with van der Waals surface area (Å²) >= 11 is 3.47. The third-order valence-corrected chi connectivity index (χ3v) is 3.93. The first-order valence-corrected chi connectivity index (χ1v) is 8.36. The number of hydrogen-bond acceptors (Lipinski definition) is 4. The summed E-state index contributed by atoms with van der Waals surface area (Å²) in [6, 6.07) is 0.588. The molecule has 0 aliphatic carbocycles. The average molecular weight is 432 g/mol. The molecule has 140 valence electrons. The minimum atomic E-state index is -1.69. The number of aliphatic imine (C=N–C) groups is 1. The van der Waals surface area contributed by atoms with Crippen molar-refractivity contribution >= 4 is 33.4 Å². The minimum absolute atomic E-state index is 0.0148. The Bertz CT molecular complexity index is 807. The summed E-state index contributed by atoms with van der Waals surface area (Å²) in [5.74, 6) is -5.42. The van der Waals surface area contributed by atoms with Gasteiger partial charge in [0.15, 0.2) is 17.5 Å². The lowest BCUT2D eigenvalue weighted by Gasteiger charge is -2.24. The number of nitrogens with one attached hydrogen (secondary N) is 2. The van der Waals surface area contributed by atoms with Gasteiger partial charge in [-0.3, -0.25) is 14.6 Å². The summed E-state index contributed by atoms with van der Waals surface area (Å²) in [4.78, 5) is 21.2. The molecule has 1 aliphatic rings. The molecule has 0 bridgehead atoms. The van der Waals surface area contributed by atoms with Crippen molar-refractivity contribution in [3.05, 3.63) is 53.4 Å². The highest BCUT2D eigenvalue weighted by Crippen LogP contribution is 2.29. The largest absolute Gasteiger partial charge is 0.337 e. The summed E-state index contributed by atoms with van der Waals surface area (Å²) in [6.07, 6.45) is 3.21. The van der Waals surface area contributed by atoms with Gasteiger partial charge >= 0.3 is 0 Å². The van der Waals surface area contributed by atoms with Gasteiger partial charge in [0.25, 0.3) is 5.91 Å². The second kappa shape index (κ2) is 8.05. The molecule has 0 fully saturated rings. The normalized spacial score (nSPS) is 19.5. The zero-order chi connectivity index (χ0) is 19.5. The van der Waals surface area contributed by atoms with Crippen molar-refractivity contribution in [2.45, 2.75) is 18.2 Å². The van der Waals surface area contributed by atoms with E-state index >= 15 is 0 Å². The van der Waals surface area contributed by atoms with Gasteiger partial charge in [0.05, 0.1) is 28.7 Å². The van der Waals surface area contributed by atoms with E-state index in [0.29, 0.717) is 18.2 Å². The molecule has 9 heteroatoms. The number of dihydropyridines is 1. The first-order valence-electron chi connectivity index (χ1n) is 7.57. The number of nitrogens with zero attached hydrogens (tertiary/aromatic N) is 1. The van der Waals surface area contributed by atoms with E-state index in [1.54, 1.807) is 6.92 Å². The second-order valence-corrected chi connectivity index (χ2v) is 7.65. The van der Waals surface area contributed by atoms with Crippen molar-refractivity contribution in [3.8, 4) is 0 Å². The quantitative estimate of drug-likeness (QED) is 0.244. The molecule has 1 aromatic rings. The van der Waals surface area contributed by atoms with Crippen LogP contribution in [0.5, 0.6) is 0 Å². The maximum absolute atomic E-state index is 14.3. The van der Waals surface area contributed by atoms with Crippen LogP contribution in [0.1, 0.15) is 24.2 Å². The van der Waals surface area contributed by atoms with Crippen LogP contribution in [0, 0.1) is 17.5 Å². The third kappa shape index (κ3) is 4.53. The van der Waals surface area contributed by atoms with E-state index in [1.807, 2.05) is 18.5 Å². The molecule has 0 spiro atoms. The fourth-order valence-electron chi connectivity index (χ4n) is 2.30. The zero-order valence-corrected chi connectivity index (χ0v) is 15.7. The Kier molecular flexibility index (Phi) is 6.25. The van der Waals surface area contributed by atoms with Crippen LogP contribution in [0.2, 0.25) is 0 Å². The Balaban J connectivity index is 2.39. The van der Waals surface area contributed by atoms with Gasteiger partial charge in [0.1, 0.15) is 5.84 Å². The molecule has 1 heterocycles. The molecule has 1 aliphatic heterocycles. The Morgan fingerprint density at radius 2 is 2.15 bits per heavy atom. The van der Waals surface area contributed by atoms with Crippen molar-refractivity contribution < 1.29 is 22.8 Å². The Labute approximate surface area is 157 Å². The summed E-state index contributed by atoms with van der Waals surface area (Å²) in [6.45, 7) is 7.33. The average Bonchev–Trinajstić information content (AvgIpc) is 2.56. The molecule has 1 atom stereocenters. The van der Waals surface area contributed by atoms with E-state index in [-0.39, 0.29) is 16.8 Å². The smallest absolute Gasteiger partial charge is 0.277 e. The van der Waals surface area contributed by atoms with E-state index < -0.39 is 34.6 Å². The number of alkyl halides is 1. The number of halogens is 4. The number of rotatable bonds is 5. The van der Waals surface area contributed by atoms with Crippen molar-refractivity contribution in [1.82, 2.24) is 5.48 Å². The fourth-order valence-corrected chi connectivity index (χ4v) is 2.77. The molecule has 0 saturated heterocycles. The molecule has 0 radical (unpaired) electrons. The molecule has 2 rings (SSSR count). The van der Waals surface area contributed by atoms with Gasteiger partial charge in [-0.15, -0.1) is 6.58 Å². The number of benzene rings is 1. The van der Waals surface area contributed by atoms with E-state index in [4.69, 9.17) is 4.84 Å². The maximum atomic E-state index is 14.3. The van der Waals surface area contributed by atoms with Crippen LogP contribution in [0.15, 0.2) is 35.4 Å². The Morgan fingerprint density at radius 1 is 1.46 bits per heavy atom. The van der Waals surface area contributed by atoms with Crippen LogP contribution >= 0.6 is 15.9 Å². The number of anilines is 1. The fraction of sp³-hybridized carbons (Fsp3) is 0.294. The predicted molar refractivity (Wildman–Crippen MR) is 96.9 cm³/mol. The SMILES string of the molecule is C=CCONC(=O)c1cc(F)c(F)c(F)c1NC1=NCC(C)(Br)C=C1C. The van der Waals surface area contributed by atoms with Crippen LogP contribution in [-0.2, 0) is 4.84 Å². The standard InChI is InChI=1S/C17H17BrF3N3O2/c1-4-5-26-24-16(25)10-6-11(19)12(20)13(21)14(10)23-15-9(2)7-17(3,18)8-22-15/h4,6-7H,1,5,8H2,2-3H3,(H,22,23)(H,24,25). The monoisotopic (exact) mass is 431 g/mol. The number of carbonyl (C=O) groups is 1. The van der Waals surface area contributed by atoms with Crippen LogP contribution in [-0.4, -0.2) is 29.2 Å². The van der Waals surface area contributed by atoms with Crippen molar-refractivity contribution in [2.24, 2.45) is 4.99 Å². The number of hydroxylamine groups is 1. The molecule has 2 N–H and O–H groups in total. The van der Waals surface area contributed by atoms with Crippen LogP contribution < -0.4 is 10.8 Å². The third-order valence-electron chi connectivity index (χ3n) is 3.45. The highest BCUT2D eigenvalue weighted by atomic mass is 79.9. The van der Waals surface area contributed by atoms with E-state index in [1.165, 1.54) is 6.08 Å². The van der Waals surface area contributed by atoms with Crippen molar-refractivity contribution in [3.63, 3.8) is 0 Å². The molecular formula is C17H17BrF3N3O2. The number of hydrogen-bond donors (Lipinski definition) is 2. The molecular weight excluding hydrogens is 415 g/mol. The van der Waals surface area contributed by atoms with Gasteiger partial charge < -0.3 is 5.32 Å². The van der Waals surface area contributed by atoms with E-state index in [0.717, 1.165) is 0 Å². The topological polar surface area (TPSA) is 62.7 Å². The summed E-state index contributed by atoms with van der Waals surface area (Å²) in [5.41, 5.74) is 1.66. The van der Waals surface area contributed by atoms with Gasteiger partial charge in [-0.1, -0.05) is 28.1 Å². The Hall–Kier alpha value is -2.13. The van der Waals surface area contributed by atoms with E-state index in [2.05, 4.69) is 32.8 Å². The molecule has 1 unspecified atom stereocenters. The number of carbonyl (C=O) groups excluding carboxylic acids is 1. The second-order valence-electron chi connectivity index (χ2n) is 5.84. The Morgan fingerprint density at radius 3 is 2.77 bits per heavy atom. The van der Waals surface area contributed by atoms with Crippen LogP contribution in [0.4, 0.5) is 18.9 Å². The van der Waals surface area contributed by atoms with Gasteiger partial charge in [0.2, 0.25) is 0 Å². The lowest BCUT2D eigenvalue weighted by molar-refractivity contribution is 0.0421. The first kappa shape index (κ1) is 20.2. The number of amidine groups is 1. The van der Waals surface area contributed by atoms with Gasteiger partial charge in [-0.25, -0.2) is 18.7 Å². The maximum Gasteiger partial charge on any atom is 0.277 e. The summed E-state index contributed by atoms with van der Waals surface area (Å²) in [7, 11) is 0. The minimum Gasteiger partial charge on any atom is -0.337 e. The molecule has 0 aromatic heterocycles. The van der Waals surface area contributed by atoms with Crippen molar-refractivity contribution in [2.75, 3.05) is 18.5 Å². The molecule has 0 saturated carbocycles. The molecule has 1 amide bonds. The summed E-state index contributed by atoms with van der Waals surface area (Å²) < 4.78 is 41.2. The zero-order valence-electron chi connectivity index (χ0n) is 14.1. The van der Waals surface area contributed by atoms with Crippen molar-refractivity contribution in [1.29, 1.82) is 0 Å². The lowest BCUT2D eigenvalue weighted by Crippen LogP contribution is -2.30. The van der Waals surface area contributed by atoms with Crippen LogP contribution in [0.3, 0.4) is 0 Å². The summed E-state index contributed by atoms with van der Waals surface area (Å²) in [5, 5.41) is 2.59. The molecule has 5 nitrogen and oxygen atoms in total. The van der Waals surface area contributed by atoms with E-state index in [9.17, 15) is 18.0 Å². The van der Waals surface area contributed by atoms with Gasteiger partial charge in [-0.2, -0.15) is 0 Å². The highest BCUT2D eigenvalue weighted by Gasteiger charge is 2.27. The van der Waals surface area contributed by atoms with Gasteiger partial charge in [-0.05, 0) is 25.5 Å². The van der Waals surface area contributed by atoms with Crippen LogP contribution in [0.25, 0.3) is 0 Å². The van der Waals surface area contributed by atoms with Gasteiger partial charge in [0, 0.05) is 0 Å². The highest BCUT2D eigenvalue weighted by molar-refractivity contribution is 9.10. The lowest BCUT2D eigenvalue weighted by atomic mass is 10.0. The molecule has 1 aromatic carbocycles. The number of amides is 1. The predicted octanol–water partition coefficient (Wildman–Crippen LogP) is 3.88. The first-order chi connectivity index (χ1) is 12.2. The molecule has 26 heavy (non-hydrogen) atoms.